The number of unbranched alkanes of at least 4 members (excludes halogenated alkanes) is 1. The molecule has 1 amide bonds. The maximum Gasteiger partial charge on any atom is 0.510 e. The van der Waals surface area contributed by atoms with Gasteiger partial charge in [-0.05, 0) is 69.2 Å². The molecule has 9 nitrogen and oxygen atoms in total. The Kier molecular flexibility index (Phi) is 10.0. The van der Waals surface area contributed by atoms with Crippen LogP contribution in [0.1, 0.15) is 58.4 Å². The number of nitrogens with zero attached hydrogens (tertiary/aromatic N) is 4. The molecule has 0 bridgehead atoms. The van der Waals surface area contributed by atoms with Gasteiger partial charge in [-0.15, -0.1) is 0 Å². The third-order valence-electron chi connectivity index (χ3n) is 8.22. The van der Waals surface area contributed by atoms with Gasteiger partial charge in [-0.25, -0.2) is 4.79 Å². The van der Waals surface area contributed by atoms with Gasteiger partial charge in [-0.1, -0.05) is 49.7 Å². The number of pyridine rings is 1. The molecule has 0 unspecified atom stereocenters. The van der Waals surface area contributed by atoms with Crippen LogP contribution in [0.25, 0.3) is 10.8 Å². The summed E-state index contributed by atoms with van der Waals surface area (Å²) in [5.74, 6) is 0.811. The van der Waals surface area contributed by atoms with Crippen molar-refractivity contribution in [2.45, 2.75) is 64.9 Å². The Morgan fingerprint density at radius 3 is 2.56 bits per heavy atom. The molecule has 3 heterocycles. The van der Waals surface area contributed by atoms with Gasteiger partial charge < -0.3 is 19.1 Å². The van der Waals surface area contributed by atoms with Crippen molar-refractivity contribution in [1.82, 2.24) is 9.88 Å². The van der Waals surface area contributed by atoms with E-state index >= 15 is 0 Å². The number of carbonyl (C=O) groups excluding carboxylic acids is 2. The van der Waals surface area contributed by atoms with Crippen LogP contribution in [0.5, 0.6) is 5.88 Å². The molecular weight excluding hydrogens is 544 g/mol. The van der Waals surface area contributed by atoms with E-state index in [9.17, 15) is 9.59 Å². The van der Waals surface area contributed by atoms with Crippen molar-refractivity contribution in [3.63, 3.8) is 0 Å². The average molecular weight is 589 g/mol. The van der Waals surface area contributed by atoms with Gasteiger partial charge in [-0.3, -0.25) is 14.6 Å². The summed E-state index contributed by atoms with van der Waals surface area (Å²) in [4.78, 5) is 36.0. The lowest BCUT2D eigenvalue weighted by molar-refractivity contribution is -0.120. The minimum atomic E-state index is -0.791. The summed E-state index contributed by atoms with van der Waals surface area (Å²) < 4.78 is 16.7. The number of hydrogen-bond acceptors (Lipinski definition) is 8. The number of ether oxygens (including phenoxy) is 3. The van der Waals surface area contributed by atoms with Gasteiger partial charge in [0.2, 0.25) is 11.8 Å². The van der Waals surface area contributed by atoms with Crippen molar-refractivity contribution in [2.24, 2.45) is 0 Å². The highest BCUT2D eigenvalue weighted by atomic mass is 16.7. The van der Waals surface area contributed by atoms with Crippen LogP contribution < -0.4 is 14.5 Å². The molecule has 230 valence electrons. The van der Waals surface area contributed by atoms with Gasteiger partial charge in [0.05, 0.1) is 6.61 Å². The number of aromatic nitrogens is 1. The fourth-order valence-electron chi connectivity index (χ4n) is 5.93. The van der Waals surface area contributed by atoms with Crippen LogP contribution >= 0.6 is 0 Å². The number of carbonyl (C=O) groups is 2. The Hall–Kier alpha value is -3.85. The molecule has 2 aromatic carbocycles. The maximum absolute atomic E-state index is 12.7. The second-order valence-electron chi connectivity index (χ2n) is 12.0. The lowest BCUT2D eigenvalue weighted by Gasteiger charge is -2.36. The Labute approximate surface area is 254 Å². The van der Waals surface area contributed by atoms with E-state index in [2.05, 4.69) is 57.2 Å². The van der Waals surface area contributed by atoms with E-state index in [1.54, 1.807) is 0 Å². The van der Waals surface area contributed by atoms with Gasteiger partial charge in [0, 0.05) is 49.7 Å². The molecule has 0 aliphatic carbocycles. The number of aryl methyl sites for hydroxylation is 1. The molecule has 9 heteroatoms. The molecular formula is C34H44N4O5. The number of piperazine rings is 1. The number of anilines is 2. The maximum atomic E-state index is 12.7. The lowest BCUT2D eigenvalue weighted by Crippen LogP contribution is -2.46. The molecule has 1 fully saturated rings. The van der Waals surface area contributed by atoms with Crippen molar-refractivity contribution in [3.8, 4) is 5.88 Å². The zero-order valence-corrected chi connectivity index (χ0v) is 25.7. The quantitative estimate of drug-likeness (QED) is 0.183. The number of fused-ring (bicyclic) bond motifs is 2. The highest BCUT2D eigenvalue weighted by Gasteiger charge is 2.29. The van der Waals surface area contributed by atoms with Crippen LogP contribution in [0.15, 0.2) is 54.6 Å². The Balaban J connectivity index is 1.05. The van der Waals surface area contributed by atoms with Crippen LogP contribution in [0, 0.1) is 0 Å². The molecule has 1 aromatic heterocycles. The van der Waals surface area contributed by atoms with Crippen molar-refractivity contribution in [2.75, 3.05) is 55.9 Å². The molecule has 2 aliphatic rings. The second kappa shape index (κ2) is 14.1. The molecule has 0 saturated carbocycles. The molecule has 0 radical (unpaired) electrons. The number of rotatable bonds is 12. The van der Waals surface area contributed by atoms with Crippen LogP contribution in [-0.2, 0) is 20.7 Å². The van der Waals surface area contributed by atoms with Crippen molar-refractivity contribution in [1.29, 1.82) is 0 Å². The van der Waals surface area contributed by atoms with Crippen molar-refractivity contribution in [3.05, 3.63) is 60.2 Å². The van der Waals surface area contributed by atoms with E-state index in [4.69, 9.17) is 14.2 Å². The summed E-state index contributed by atoms with van der Waals surface area (Å²) >= 11 is 0. The molecule has 0 N–H and O–H groups in total. The lowest BCUT2D eigenvalue weighted by atomic mass is 10.0. The van der Waals surface area contributed by atoms with E-state index in [-0.39, 0.29) is 12.6 Å². The summed E-state index contributed by atoms with van der Waals surface area (Å²) in [6.45, 7) is 11.2. The van der Waals surface area contributed by atoms with E-state index < -0.39 is 11.8 Å². The van der Waals surface area contributed by atoms with E-state index in [1.807, 2.05) is 32.9 Å². The van der Waals surface area contributed by atoms with Gasteiger partial charge in [0.25, 0.3) is 0 Å². The van der Waals surface area contributed by atoms with Gasteiger partial charge in [0.15, 0.2) is 6.73 Å². The van der Waals surface area contributed by atoms with Crippen molar-refractivity contribution < 1.29 is 23.8 Å². The monoisotopic (exact) mass is 588 g/mol. The largest absolute Gasteiger partial charge is 0.510 e. The van der Waals surface area contributed by atoms with E-state index in [0.29, 0.717) is 31.1 Å². The van der Waals surface area contributed by atoms with E-state index in [1.165, 1.54) is 21.4 Å². The van der Waals surface area contributed by atoms with Gasteiger partial charge in [-0.2, -0.15) is 4.98 Å². The fourth-order valence-corrected chi connectivity index (χ4v) is 5.93. The van der Waals surface area contributed by atoms with E-state index in [0.717, 1.165) is 64.0 Å². The third-order valence-corrected chi connectivity index (χ3v) is 8.22. The summed E-state index contributed by atoms with van der Waals surface area (Å²) in [6.07, 6.45) is 3.69. The number of hydrogen-bond donors (Lipinski definition) is 0. The SMILES string of the molecule is CCCC(C)(C)OC(=O)OCN1C(=O)CCc2ccc(OCCCCN3CCN(c4cccc5ccccc45)CC3)nc21. The Morgan fingerprint density at radius 2 is 1.74 bits per heavy atom. The first-order valence-electron chi connectivity index (χ1n) is 15.6. The summed E-state index contributed by atoms with van der Waals surface area (Å²) in [5.41, 5.74) is 1.63. The predicted octanol–water partition coefficient (Wildman–Crippen LogP) is 6.18. The molecule has 0 spiro atoms. The Morgan fingerprint density at radius 1 is 0.953 bits per heavy atom. The minimum absolute atomic E-state index is 0.140. The molecule has 1 saturated heterocycles. The molecule has 0 atom stereocenters. The van der Waals surface area contributed by atoms with Gasteiger partial charge in [0.1, 0.15) is 11.4 Å². The zero-order chi connectivity index (χ0) is 30.2. The smallest absolute Gasteiger partial charge is 0.478 e. The molecule has 3 aromatic rings. The minimum Gasteiger partial charge on any atom is -0.478 e. The Bertz CT molecular complexity index is 1400. The normalized spacial score (nSPS) is 15.8. The van der Waals surface area contributed by atoms with Crippen LogP contribution in [0.3, 0.4) is 0 Å². The molecule has 43 heavy (non-hydrogen) atoms. The molecule has 5 rings (SSSR count). The number of amides is 1. The topological polar surface area (TPSA) is 84.4 Å². The summed E-state index contributed by atoms with van der Waals surface area (Å²) in [5, 5.41) is 2.61. The highest BCUT2D eigenvalue weighted by Crippen LogP contribution is 2.29. The van der Waals surface area contributed by atoms with Crippen LogP contribution in [0.2, 0.25) is 0 Å². The second-order valence-corrected chi connectivity index (χ2v) is 12.0. The first-order valence-corrected chi connectivity index (χ1v) is 15.6. The average Bonchev–Trinajstić information content (AvgIpc) is 3.00. The number of benzene rings is 2. The first-order chi connectivity index (χ1) is 20.8. The third kappa shape index (κ3) is 7.96. The predicted molar refractivity (Wildman–Crippen MR) is 169 cm³/mol. The van der Waals surface area contributed by atoms with Gasteiger partial charge >= 0.3 is 6.16 Å². The first kappa shape index (κ1) is 30.6. The highest BCUT2D eigenvalue weighted by molar-refractivity contribution is 5.95. The summed E-state index contributed by atoms with van der Waals surface area (Å²) in [6, 6.07) is 18.9. The standard InChI is InChI=1S/C34H44N4O5/c1-4-18-34(2,3)43-33(40)42-25-38-31(39)17-15-27-14-16-30(35-32(27)38)41-24-8-7-19-36-20-22-37(23-21-36)29-13-9-11-26-10-5-6-12-28(26)29/h5-6,9-14,16H,4,7-8,15,17-25H2,1-3H3. The molecule has 2 aliphatic heterocycles. The van der Waals surface area contributed by atoms with Crippen LogP contribution in [0.4, 0.5) is 16.3 Å². The van der Waals surface area contributed by atoms with Crippen molar-refractivity contribution >= 4 is 34.3 Å². The summed E-state index contributed by atoms with van der Waals surface area (Å²) in [7, 11) is 0. The zero-order valence-electron chi connectivity index (χ0n) is 25.7. The van der Waals surface area contributed by atoms with Crippen LogP contribution in [-0.4, -0.2) is 73.6 Å². The fraction of sp³-hybridized carbons (Fsp3) is 0.500.